The van der Waals surface area contributed by atoms with Crippen molar-refractivity contribution < 1.29 is 33.6 Å². The van der Waals surface area contributed by atoms with E-state index in [4.69, 9.17) is 17.2 Å². The molecule has 0 saturated heterocycles. The van der Waals surface area contributed by atoms with Gasteiger partial charge in [-0.25, -0.2) is 4.98 Å². The number of nitrogens with one attached hydrogen (secondary N) is 9. The van der Waals surface area contributed by atoms with Gasteiger partial charge in [0.15, 0.2) is 0 Å². The first kappa shape index (κ1) is 49.3. The standard InChI is InChI=1S/C44H59N13O7S/c1-25(52-41(61)34(14-16-65-2)53-38(58)20-46)40(60)55-37(19-28-23-48-24-51-28)44(64)57-36(18-27-22-50-32-12-6-4-10-30(27)32)43(63)56-35(17-26-21-49-31-11-5-3-9-29(26)31)42(62)54-33(39(47)59)13-7-8-15-45/h3-6,9-12,21-25,33-37,49-50H,7-8,13-20,45-46H2,1-2H3,(H2,47,59)(H,48,51)(H,52,61)(H,53,58)(H,54,62)(H,55,60)(H,56,63)(H,57,64)/t25-,33-,34-,35+,36+,37-/m0/s1. The number of fused-ring (bicyclic) bond motifs is 2. The van der Waals surface area contributed by atoms with Gasteiger partial charge in [0.05, 0.1) is 12.9 Å². The van der Waals surface area contributed by atoms with Crippen molar-refractivity contribution >= 4 is 74.9 Å². The van der Waals surface area contributed by atoms with E-state index in [2.05, 4.69) is 51.8 Å². The summed E-state index contributed by atoms with van der Waals surface area (Å²) in [7, 11) is 0. The number of carbonyl (C=O) groups excluding carboxylic acids is 7. The Balaban J connectivity index is 1.43. The number of hydrogen-bond acceptors (Lipinski definition) is 11. The zero-order valence-electron chi connectivity index (χ0n) is 36.4. The average Bonchev–Trinajstić information content (AvgIpc) is 4.07. The second-order valence-electron chi connectivity index (χ2n) is 15.7. The number of primary amides is 1. The van der Waals surface area contributed by atoms with Gasteiger partial charge in [0, 0.05) is 65.4 Å². The Kier molecular flexibility index (Phi) is 18.5. The molecule has 0 aliphatic rings. The predicted octanol–water partition coefficient (Wildman–Crippen LogP) is -0.345. The summed E-state index contributed by atoms with van der Waals surface area (Å²) in [5.74, 6) is -4.24. The number of aromatic amines is 3. The first-order valence-electron chi connectivity index (χ1n) is 21.4. The van der Waals surface area contributed by atoms with Crippen LogP contribution in [0.3, 0.4) is 0 Å². The van der Waals surface area contributed by atoms with Crippen molar-refractivity contribution in [1.82, 2.24) is 51.8 Å². The highest BCUT2D eigenvalue weighted by atomic mass is 32.2. The predicted molar refractivity (Wildman–Crippen MR) is 248 cm³/mol. The topological polar surface area (TPSA) is 330 Å². The number of hydrogen-bond donors (Lipinski definition) is 12. The number of para-hydroxylation sites is 2. The summed E-state index contributed by atoms with van der Waals surface area (Å²) in [5, 5.41) is 17.9. The number of amides is 7. The van der Waals surface area contributed by atoms with E-state index in [1.807, 2.05) is 54.8 Å². The summed E-state index contributed by atoms with van der Waals surface area (Å²) in [4.78, 5) is 108. The van der Waals surface area contributed by atoms with Gasteiger partial charge in [-0.2, -0.15) is 11.8 Å². The quantitative estimate of drug-likeness (QED) is 0.0318. The van der Waals surface area contributed by atoms with Crippen LogP contribution in [0.25, 0.3) is 21.8 Å². The molecule has 0 aliphatic heterocycles. The average molecular weight is 914 g/mol. The van der Waals surface area contributed by atoms with E-state index < -0.39 is 77.6 Å². The molecule has 0 bridgehead atoms. The molecule has 2 aromatic carbocycles. The van der Waals surface area contributed by atoms with Crippen LogP contribution in [0.5, 0.6) is 0 Å². The van der Waals surface area contributed by atoms with Crippen LogP contribution in [0, 0.1) is 0 Å². The molecule has 3 heterocycles. The summed E-state index contributed by atoms with van der Waals surface area (Å²) < 4.78 is 0. The molecule has 0 unspecified atom stereocenters. The molecule has 7 amide bonds. The minimum Gasteiger partial charge on any atom is -0.368 e. The zero-order valence-corrected chi connectivity index (χ0v) is 37.2. The van der Waals surface area contributed by atoms with E-state index in [1.165, 1.54) is 31.2 Å². The lowest BCUT2D eigenvalue weighted by Crippen LogP contribution is -2.60. The maximum atomic E-state index is 14.7. The smallest absolute Gasteiger partial charge is 0.243 e. The van der Waals surface area contributed by atoms with Crippen LogP contribution in [0.1, 0.15) is 49.4 Å². The number of rotatable bonds is 26. The maximum absolute atomic E-state index is 14.7. The van der Waals surface area contributed by atoms with E-state index in [0.717, 1.165) is 21.8 Å². The number of benzene rings is 2. The van der Waals surface area contributed by atoms with Crippen LogP contribution in [0.2, 0.25) is 0 Å². The minimum atomic E-state index is -1.32. The normalized spacial score (nSPS) is 14.0. The molecule has 5 rings (SSSR count). The molecule has 0 saturated carbocycles. The van der Waals surface area contributed by atoms with Gasteiger partial charge >= 0.3 is 0 Å². The monoisotopic (exact) mass is 913 g/mol. The van der Waals surface area contributed by atoms with Crippen LogP contribution < -0.4 is 49.1 Å². The Morgan fingerprint density at radius 2 is 1.15 bits per heavy atom. The lowest BCUT2D eigenvalue weighted by Gasteiger charge is -2.27. The number of thioether (sulfide) groups is 1. The van der Waals surface area contributed by atoms with Crippen molar-refractivity contribution in [3.05, 3.63) is 90.3 Å². The Morgan fingerprint density at radius 3 is 1.66 bits per heavy atom. The second-order valence-corrected chi connectivity index (χ2v) is 16.7. The molecule has 15 N–H and O–H groups in total. The molecule has 0 radical (unpaired) electrons. The van der Waals surface area contributed by atoms with Crippen molar-refractivity contribution in [2.24, 2.45) is 17.2 Å². The van der Waals surface area contributed by atoms with Crippen molar-refractivity contribution in [2.75, 3.05) is 25.1 Å². The van der Waals surface area contributed by atoms with Gasteiger partial charge in [-0.15, -0.1) is 0 Å². The molecule has 6 atom stereocenters. The van der Waals surface area contributed by atoms with Gasteiger partial charge in [0.1, 0.15) is 36.3 Å². The molecule has 65 heavy (non-hydrogen) atoms. The number of unbranched alkanes of at least 4 members (excludes halogenated alkanes) is 1. The second kappa shape index (κ2) is 24.4. The molecular formula is C44H59N13O7S. The molecule has 3 aromatic heterocycles. The number of H-pyrrole nitrogens is 3. The first-order valence-corrected chi connectivity index (χ1v) is 22.8. The Morgan fingerprint density at radius 1 is 0.631 bits per heavy atom. The van der Waals surface area contributed by atoms with Crippen LogP contribution >= 0.6 is 11.8 Å². The fourth-order valence-corrected chi connectivity index (χ4v) is 7.79. The van der Waals surface area contributed by atoms with E-state index >= 15 is 0 Å². The van der Waals surface area contributed by atoms with Crippen LogP contribution in [-0.2, 0) is 52.8 Å². The van der Waals surface area contributed by atoms with Crippen molar-refractivity contribution in [3.8, 4) is 0 Å². The van der Waals surface area contributed by atoms with Crippen LogP contribution in [0.15, 0.2) is 73.4 Å². The van der Waals surface area contributed by atoms with Gasteiger partial charge in [0.25, 0.3) is 0 Å². The Labute approximate surface area is 379 Å². The summed E-state index contributed by atoms with van der Waals surface area (Å²) in [6.07, 6.45) is 9.71. The van der Waals surface area contributed by atoms with Crippen molar-refractivity contribution in [3.63, 3.8) is 0 Å². The molecule has 0 fully saturated rings. The lowest BCUT2D eigenvalue weighted by atomic mass is 10.0. The SMILES string of the molecule is CSCC[C@H](NC(=O)CN)C(=O)N[C@@H](C)C(=O)N[C@@H](Cc1cnc[nH]1)C(=O)N[C@H](Cc1c[nH]c2ccccc12)C(=O)N[C@H](Cc1c[nH]c2ccccc12)C(=O)N[C@@H](CCCCN)C(N)=O. The molecule has 21 heteroatoms. The molecule has 20 nitrogen and oxygen atoms in total. The van der Waals surface area contributed by atoms with E-state index in [-0.39, 0.29) is 38.6 Å². The maximum Gasteiger partial charge on any atom is 0.243 e. The minimum absolute atomic E-state index is 0.000221. The molecular weight excluding hydrogens is 855 g/mol. The van der Waals surface area contributed by atoms with E-state index in [9.17, 15) is 33.6 Å². The highest BCUT2D eigenvalue weighted by molar-refractivity contribution is 7.98. The number of nitrogens with two attached hydrogens (primary N) is 3. The summed E-state index contributed by atoms with van der Waals surface area (Å²) in [6.45, 7) is 1.49. The lowest BCUT2D eigenvalue weighted by molar-refractivity contribution is -0.135. The number of imidazole rings is 1. The molecule has 0 spiro atoms. The third kappa shape index (κ3) is 14.1. The first-order chi connectivity index (χ1) is 31.3. The van der Waals surface area contributed by atoms with Gasteiger partial charge in [-0.3, -0.25) is 33.6 Å². The van der Waals surface area contributed by atoms with Gasteiger partial charge in [0.2, 0.25) is 41.4 Å². The number of aromatic nitrogens is 4. The van der Waals surface area contributed by atoms with Crippen molar-refractivity contribution in [1.29, 1.82) is 0 Å². The Hall–Kier alpha value is -6.71. The third-order valence-electron chi connectivity index (χ3n) is 10.9. The summed E-state index contributed by atoms with van der Waals surface area (Å²) in [6, 6.07) is 7.84. The largest absolute Gasteiger partial charge is 0.368 e. The number of carbonyl (C=O) groups is 7. The van der Waals surface area contributed by atoms with Gasteiger partial charge < -0.3 is 64.1 Å². The summed E-state index contributed by atoms with van der Waals surface area (Å²) in [5.41, 5.74) is 20.3. The van der Waals surface area contributed by atoms with Gasteiger partial charge in [-0.1, -0.05) is 36.4 Å². The van der Waals surface area contributed by atoms with Crippen LogP contribution in [0.4, 0.5) is 0 Å². The molecule has 0 aliphatic carbocycles. The fourth-order valence-electron chi connectivity index (χ4n) is 7.31. The fraction of sp³-hybridized carbons (Fsp3) is 0.409. The zero-order chi connectivity index (χ0) is 46.9. The third-order valence-corrected chi connectivity index (χ3v) is 11.5. The van der Waals surface area contributed by atoms with E-state index in [0.29, 0.717) is 42.0 Å². The van der Waals surface area contributed by atoms with E-state index in [1.54, 1.807) is 12.4 Å². The summed E-state index contributed by atoms with van der Waals surface area (Å²) >= 11 is 1.47. The molecule has 5 aromatic rings. The van der Waals surface area contributed by atoms with Crippen LogP contribution in [-0.4, -0.2) is 123 Å². The molecule has 348 valence electrons. The van der Waals surface area contributed by atoms with Gasteiger partial charge in [-0.05, 0) is 74.4 Å². The van der Waals surface area contributed by atoms with Crippen molar-refractivity contribution in [2.45, 2.75) is 88.1 Å². The highest BCUT2D eigenvalue weighted by Crippen LogP contribution is 2.21. The Bertz CT molecular complexity index is 2400. The number of nitrogens with zero attached hydrogens (tertiary/aromatic N) is 1. The highest BCUT2D eigenvalue weighted by Gasteiger charge is 2.34.